The van der Waals surface area contributed by atoms with Crippen molar-refractivity contribution >= 4 is 33.3 Å². The Hall–Kier alpha value is -2.99. The van der Waals surface area contributed by atoms with Crippen molar-refractivity contribution in [3.8, 4) is 11.5 Å². The predicted molar refractivity (Wildman–Crippen MR) is 98.9 cm³/mol. The Bertz CT molecular complexity index is 1000. The fourth-order valence-electron chi connectivity index (χ4n) is 3.01. The van der Waals surface area contributed by atoms with Crippen LogP contribution in [0, 0.1) is 0 Å². The van der Waals surface area contributed by atoms with Crippen molar-refractivity contribution in [3.05, 3.63) is 18.5 Å². The number of carbonyl (C=O) groups excluding carboxylic acids is 1. The molecule has 0 atom stereocenters. The largest absolute Gasteiger partial charge is 0.493 e. The van der Waals surface area contributed by atoms with Crippen LogP contribution in [0.2, 0.25) is 0 Å². The first-order chi connectivity index (χ1) is 13.5. The molecule has 28 heavy (non-hydrogen) atoms. The number of amides is 1. The van der Waals surface area contributed by atoms with Crippen molar-refractivity contribution in [1.82, 2.24) is 15.0 Å². The summed E-state index contributed by atoms with van der Waals surface area (Å²) in [5.74, 6) is 1.88. The summed E-state index contributed by atoms with van der Waals surface area (Å²) in [7, 11) is 0.283. The third kappa shape index (κ3) is 4.46. The van der Waals surface area contributed by atoms with Crippen LogP contribution in [0.1, 0.15) is 6.42 Å². The smallest absolute Gasteiger partial charge is 0.467 e. The Balaban J connectivity index is 1.83. The topological polar surface area (TPSA) is 124 Å². The molecule has 0 bridgehead atoms. The molecule has 12 heteroatoms. The zero-order valence-electron chi connectivity index (χ0n) is 15.4. The molecular weight excluding hydrogens is 390 g/mol. The van der Waals surface area contributed by atoms with Gasteiger partial charge in [0.05, 0.1) is 26.3 Å². The number of methoxy groups -OCH3 is 2. The standard InChI is InChI=1S/C16H19N5O6S/c1-25-13-8-11-12(9-14(13)26-2)17-10-18-15(11)20-4-3-5-21(7-6-20)27-16(22)19-28(23)24/h8-10H,3-7H2,1-2H3. The van der Waals surface area contributed by atoms with E-state index in [0.29, 0.717) is 49.6 Å². The second-order valence-corrected chi connectivity index (χ2v) is 6.47. The number of anilines is 1. The van der Waals surface area contributed by atoms with Crippen molar-refractivity contribution in [2.45, 2.75) is 6.42 Å². The second kappa shape index (κ2) is 8.80. The average molecular weight is 409 g/mol. The fraction of sp³-hybridized carbons (Fsp3) is 0.438. The van der Waals surface area contributed by atoms with Gasteiger partial charge in [0.2, 0.25) is 0 Å². The van der Waals surface area contributed by atoms with E-state index in [0.717, 1.165) is 11.2 Å². The van der Waals surface area contributed by atoms with E-state index in [2.05, 4.69) is 14.3 Å². The van der Waals surface area contributed by atoms with Crippen LogP contribution in [0.5, 0.6) is 11.5 Å². The Morgan fingerprint density at radius 3 is 2.54 bits per heavy atom. The lowest BCUT2D eigenvalue weighted by atomic mass is 10.2. The van der Waals surface area contributed by atoms with Crippen molar-refractivity contribution in [2.75, 3.05) is 45.3 Å². The summed E-state index contributed by atoms with van der Waals surface area (Å²) in [5, 5.41) is 2.20. The maximum Gasteiger partial charge on any atom is 0.467 e. The highest BCUT2D eigenvalue weighted by Gasteiger charge is 2.21. The highest BCUT2D eigenvalue weighted by molar-refractivity contribution is 7.62. The molecule has 0 radical (unpaired) electrons. The van der Waals surface area contributed by atoms with Crippen molar-refractivity contribution in [3.63, 3.8) is 0 Å². The van der Waals surface area contributed by atoms with Gasteiger partial charge in [-0.2, -0.15) is 8.42 Å². The summed E-state index contributed by atoms with van der Waals surface area (Å²) in [6.07, 6.45) is 0.993. The van der Waals surface area contributed by atoms with Gasteiger partial charge in [-0.15, -0.1) is 5.06 Å². The summed E-state index contributed by atoms with van der Waals surface area (Å²) in [6, 6.07) is 3.62. The van der Waals surface area contributed by atoms with Crippen LogP contribution < -0.4 is 14.4 Å². The monoisotopic (exact) mass is 409 g/mol. The van der Waals surface area contributed by atoms with E-state index in [1.165, 1.54) is 11.4 Å². The number of hydrogen-bond acceptors (Lipinski definition) is 10. The Morgan fingerprint density at radius 2 is 1.82 bits per heavy atom. The summed E-state index contributed by atoms with van der Waals surface area (Å²) in [4.78, 5) is 27.1. The first-order valence-electron chi connectivity index (χ1n) is 8.41. The van der Waals surface area contributed by atoms with Gasteiger partial charge in [-0.1, -0.05) is 4.36 Å². The summed E-state index contributed by atoms with van der Waals surface area (Å²) < 4.78 is 34.4. The lowest BCUT2D eigenvalue weighted by molar-refractivity contribution is -0.0900. The summed E-state index contributed by atoms with van der Waals surface area (Å²) >= 11 is 0. The molecule has 0 aliphatic carbocycles. The zero-order valence-corrected chi connectivity index (χ0v) is 16.2. The highest BCUT2D eigenvalue weighted by atomic mass is 32.2. The first kappa shape index (κ1) is 19.8. The van der Waals surface area contributed by atoms with E-state index < -0.39 is 16.6 Å². The van der Waals surface area contributed by atoms with Crippen LogP contribution in [0.15, 0.2) is 22.8 Å². The van der Waals surface area contributed by atoms with Crippen LogP contribution >= 0.6 is 0 Å². The molecule has 1 amide bonds. The van der Waals surface area contributed by atoms with Gasteiger partial charge in [-0.3, -0.25) is 0 Å². The molecule has 2 aromatic rings. The van der Waals surface area contributed by atoms with Crippen molar-refractivity contribution < 1.29 is 27.5 Å². The number of aromatic nitrogens is 2. The van der Waals surface area contributed by atoms with E-state index in [1.807, 2.05) is 11.0 Å². The fourth-order valence-corrected chi connectivity index (χ4v) is 3.16. The number of hydrogen-bond donors (Lipinski definition) is 0. The number of fused-ring (bicyclic) bond motifs is 1. The number of ether oxygens (including phenoxy) is 2. The van der Waals surface area contributed by atoms with Crippen LogP contribution in [0.25, 0.3) is 10.9 Å². The van der Waals surface area contributed by atoms with Crippen LogP contribution in [0.4, 0.5) is 10.6 Å². The Labute approximate surface area is 162 Å². The normalized spacial score (nSPS) is 15.0. The molecule has 3 rings (SSSR count). The molecule has 150 valence electrons. The van der Waals surface area contributed by atoms with E-state index >= 15 is 0 Å². The maximum atomic E-state index is 11.4. The molecule has 1 aliphatic rings. The summed E-state index contributed by atoms with van der Waals surface area (Å²) in [6.45, 7) is 1.99. The zero-order chi connectivity index (χ0) is 20.1. The Kier molecular flexibility index (Phi) is 6.21. The Morgan fingerprint density at radius 1 is 1.07 bits per heavy atom. The molecule has 2 heterocycles. The van der Waals surface area contributed by atoms with Gasteiger partial charge >= 0.3 is 16.6 Å². The third-order valence-corrected chi connectivity index (χ3v) is 4.53. The van der Waals surface area contributed by atoms with Gasteiger partial charge in [0, 0.05) is 31.1 Å². The van der Waals surface area contributed by atoms with Gasteiger partial charge < -0.3 is 19.2 Å². The molecule has 0 saturated carbocycles. The van der Waals surface area contributed by atoms with Crippen LogP contribution in [0.3, 0.4) is 0 Å². The van der Waals surface area contributed by atoms with Gasteiger partial charge in [-0.25, -0.2) is 14.8 Å². The van der Waals surface area contributed by atoms with Gasteiger partial charge in [0.15, 0.2) is 11.5 Å². The minimum atomic E-state index is -2.84. The quantitative estimate of drug-likeness (QED) is 0.729. The number of benzene rings is 1. The third-order valence-electron chi connectivity index (χ3n) is 4.23. The molecule has 11 nitrogen and oxygen atoms in total. The lowest BCUT2D eigenvalue weighted by Crippen LogP contribution is -2.32. The van der Waals surface area contributed by atoms with Crippen LogP contribution in [-0.4, -0.2) is 69.9 Å². The van der Waals surface area contributed by atoms with E-state index in [9.17, 15) is 13.2 Å². The van der Waals surface area contributed by atoms with E-state index in [4.69, 9.17) is 14.3 Å². The number of carbonyl (C=O) groups is 1. The molecule has 1 aromatic carbocycles. The number of nitrogens with zero attached hydrogens (tertiary/aromatic N) is 5. The first-order valence-corrected chi connectivity index (χ1v) is 9.44. The summed E-state index contributed by atoms with van der Waals surface area (Å²) in [5.41, 5.74) is 0.715. The minimum absolute atomic E-state index is 0.367. The predicted octanol–water partition coefficient (Wildman–Crippen LogP) is 1.27. The molecule has 1 aliphatic heterocycles. The minimum Gasteiger partial charge on any atom is -0.493 e. The van der Waals surface area contributed by atoms with Gasteiger partial charge in [0.1, 0.15) is 12.1 Å². The lowest BCUT2D eigenvalue weighted by Gasteiger charge is -2.23. The van der Waals surface area contributed by atoms with Gasteiger partial charge in [0.25, 0.3) is 0 Å². The van der Waals surface area contributed by atoms with Crippen LogP contribution in [-0.2, 0) is 15.3 Å². The van der Waals surface area contributed by atoms with E-state index in [1.54, 1.807) is 20.3 Å². The molecule has 0 spiro atoms. The average Bonchev–Trinajstić information content (AvgIpc) is 2.91. The molecule has 0 N–H and O–H groups in total. The maximum absolute atomic E-state index is 11.4. The molecular formula is C16H19N5O6S. The van der Waals surface area contributed by atoms with Gasteiger partial charge in [-0.05, 0) is 12.5 Å². The highest BCUT2D eigenvalue weighted by Crippen LogP contribution is 2.34. The molecule has 1 aromatic heterocycles. The molecule has 0 unspecified atom stereocenters. The molecule has 1 fully saturated rings. The number of hydroxylamine groups is 2. The number of rotatable bonds is 4. The van der Waals surface area contributed by atoms with Crippen molar-refractivity contribution in [2.24, 2.45) is 4.36 Å². The molecule has 1 saturated heterocycles. The second-order valence-electron chi connectivity index (χ2n) is 5.86. The van der Waals surface area contributed by atoms with Crippen molar-refractivity contribution in [1.29, 1.82) is 0 Å². The SMILES string of the molecule is COc1cc2ncnc(N3CCCN(OC(=O)N=S(=O)=O)CC3)c2cc1OC. The van der Waals surface area contributed by atoms with E-state index in [-0.39, 0.29) is 0 Å².